The minimum absolute atomic E-state index is 0.107. The summed E-state index contributed by atoms with van der Waals surface area (Å²) in [5, 5.41) is 2.71. The lowest BCUT2D eigenvalue weighted by Crippen LogP contribution is -2.37. The standard InChI is InChI=1S/C21H24N6O/c1-22-21(28)18-5-2-8-24-20(18)26-12-3-4-17(15-26)19-25-11-13-27(19)14-16-6-9-23-10-7-16/h2,5-11,13,17H,3-4,12,14-15H2,1H3,(H,22,28)/t17-/m1/s1. The maximum absolute atomic E-state index is 12.2. The lowest BCUT2D eigenvalue weighted by atomic mass is 9.96. The van der Waals surface area contributed by atoms with E-state index in [9.17, 15) is 4.79 Å². The maximum Gasteiger partial charge on any atom is 0.254 e. The number of carbonyl (C=O) groups is 1. The molecule has 0 radical (unpaired) electrons. The second-order valence-corrected chi connectivity index (χ2v) is 7.01. The minimum Gasteiger partial charge on any atom is -0.355 e. The molecule has 7 nitrogen and oxygen atoms in total. The van der Waals surface area contributed by atoms with E-state index in [1.54, 1.807) is 19.3 Å². The molecule has 1 aliphatic heterocycles. The van der Waals surface area contributed by atoms with E-state index in [1.165, 1.54) is 5.56 Å². The van der Waals surface area contributed by atoms with Gasteiger partial charge in [0, 0.05) is 63.6 Å². The van der Waals surface area contributed by atoms with Crippen molar-refractivity contribution in [2.45, 2.75) is 25.3 Å². The topological polar surface area (TPSA) is 75.9 Å². The number of nitrogens with one attached hydrogen (secondary N) is 1. The van der Waals surface area contributed by atoms with Gasteiger partial charge in [0.2, 0.25) is 0 Å². The number of aromatic nitrogens is 4. The van der Waals surface area contributed by atoms with Crippen molar-refractivity contribution < 1.29 is 4.79 Å². The van der Waals surface area contributed by atoms with Crippen molar-refractivity contribution in [2.24, 2.45) is 0 Å². The fraction of sp³-hybridized carbons (Fsp3) is 0.333. The average molecular weight is 376 g/mol. The number of anilines is 1. The van der Waals surface area contributed by atoms with Gasteiger partial charge >= 0.3 is 0 Å². The normalized spacial score (nSPS) is 16.8. The van der Waals surface area contributed by atoms with Crippen molar-refractivity contribution in [3.05, 3.63) is 72.2 Å². The number of piperidine rings is 1. The number of rotatable bonds is 5. The van der Waals surface area contributed by atoms with E-state index in [0.29, 0.717) is 11.5 Å². The molecule has 1 amide bonds. The molecule has 0 aromatic carbocycles. The summed E-state index contributed by atoms with van der Waals surface area (Å²) in [4.78, 5) is 27.7. The fourth-order valence-electron chi connectivity index (χ4n) is 3.84. The smallest absolute Gasteiger partial charge is 0.254 e. The van der Waals surface area contributed by atoms with E-state index in [4.69, 9.17) is 0 Å². The second-order valence-electron chi connectivity index (χ2n) is 7.01. The van der Waals surface area contributed by atoms with Crippen LogP contribution in [-0.2, 0) is 6.54 Å². The molecule has 0 spiro atoms. The zero-order chi connectivity index (χ0) is 19.3. The lowest BCUT2D eigenvalue weighted by Gasteiger charge is -2.34. The summed E-state index contributed by atoms with van der Waals surface area (Å²) in [7, 11) is 1.65. The maximum atomic E-state index is 12.2. The van der Waals surface area contributed by atoms with Crippen LogP contribution in [0.25, 0.3) is 0 Å². The SMILES string of the molecule is CNC(=O)c1cccnc1N1CCC[C@@H](c2nccn2Cc2ccncc2)C1. The van der Waals surface area contributed by atoms with Crippen molar-refractivity contribution in [3.63, 3.8) is 0 Å². The Morgan fingerprint density at radius 3 is 2.86 bits per heavy atom. The summed E-state index contributed by atoms with van der Waals surface area (Å²) >= 11 is 0. The van der Waals surface area contributed by atoms with Crippen LogP contribution in [-0.4, -0.2) is 45.6 Å². The zero-order valence-electron chi connectivity index (χ0n) is 16.0. The Hall–Kier alpha value is -3.22. The van der Waals surface area contributed by atoms with Crippen LogP contribution >= 0.6 is 0 Å². The Bertz CT molecular complexity index is 939. The van der Waals surface area contributed by atoms with Crippen LogP contribution in [0.3, 0.4) is 0 Å². The van der Waals surface area contributed by atoms with Gasteiger partial charge in [0.25, 0.3) is 5.91 Å². The van der Waals surface area contributed by atoms with E-state index in [2.05, 4.69) is 29.7 Å². The predicted octanol–water partition coefficient (Wildman–Crippen LogP) is 2.47. The van der Waals surface area contributed by atoms with Crippen molar-refractivity contribution in [2.75, 3.05) is 25.0 Å². The highest BCUT2D eigenvalue weighted by Gasteiger charge is 2.27. The van der Waals surface area contributed by atoms with E-state index >= 15 is 0 Å². The number of hydrogen-bond donors (Lipinski definition) is 1. The largest absolute Gasteiger partial charge is 0.355 e. The third-order valence-electron chi connectivity index (χ3n) is 5.19. The van der Waals surface area contributed by atoms with Gasteiger partial charge < -0.3 is 14.8 Å². The van der Waals surface area contributed by atoms with Gasteiger partial charge in [-0.15, -0.1) is 0 Å². The third kappa shape index (κ3) is 3.74. The number of pyridine rings is 2. The molecule has 7 heteroatoms. The fourth-order valence-corrected chi connectivity index (χ4v) is 3.84. The molecule has 1 aliphatic rings. The molecule has 1 fully saturated rings. The number of nitrogens with zero attached hydrogens (tertiary/aromatic N) is 5. The van der Waals surface area contributed by atoms with E-state index in [-0.39, 0.29) is 5.91 Å². The van der Waals surface area contributed by atoms with Gasteiger partial charge in [-0.25, -0.2) is 9.97 Å². The highest BCUT2D eigenvalue weighted by atomic mass is 16.1. The molecule has 0 bridgehead atoms. The molecule has 1 saturated heterocycles. The molecule has 0 unspecified atom stereocenters. The first-order valence-corrected chi connectivity index (χ1v) is 9.58. The first kappa shape index (κ1) is 18.2. The molecule has 3 aromatic heterocycles. The Morgan fingerprint density at radius 1 is 1.18 bits per heavy atom. The Morgan fingerprint density at radius 2 is 2.04 bits per heavy atom. The van der Waals surface area contributed by atoms with E-state index in [0.717, 1.165) is 44.1 Å². The summed E-state index contributed by atoms with van der Waals surface area (Å²) in [5.41, 5.74) is 1.82. The Kier molecular flexibility index (Phi) is 5.32. The van der Waals surface area contributed by atoms with Crippen molar-refractivity contribution in [3.8, 4) is 0 Å². The minimum atomic E-state index is -0.107. The van der Waals surface area contributed by atoms with Crippen LogP contribution in [0.15, 0.2) is 55.2 Å². The van der Waals surface area contributed by atoms with Gasteiger partial charge in [-0.05, 0) is 42.7 Å². The molecule has 1 N–H and O–H groups in total. The molecule has 4 rings (SSSR count). The highest BCUT2D eigenvalue weighted by molar-refractivity contribution is 5.98. The average Bonchev–Trinajstić information content (AvgIpc) is 3.22. The molecular weight excluding hydrogens is 352 g/mol. The van der Waals surface area contributed by atoms with Crippen LogP contribution in [0.2, 0.25) is 0 Å². The van der Waals surface area contributed by atoms with Crippen molar-refractivity contribution in [1.29, 1.82) is 0 Å². The van der Waals surface area contributed by atoms with Crippen LogP contribution in [0.5, 0.6) is 0 Å². The molecule has 0 saturated carbocycles. The summed E-state index contributed by atoms with van der Waals surface area (Å²) in [6.07, 6.45) is 11.4. The number of amides is 1. The monoisotopic (exact) mass is 376 g/mol. The van der Waals surface area contributed by atoms with E-state index < -0.39 is 0 Å². The van der Waals surface area contributed by atoms with Crippen molar-refractivity contribution >= 4 is 11.7 Å². The van der Waals surface area contributed by atoms with Gasteiger partial charge in [0.1, 0.15) is 11.6 Å². The quantitative estimate of drug-likeness (QED) is 0.740. The Labute approximate surface area is 164 Å². The molecule has 1 atom stereocenters. The van der Waals surface area contributed by atoms with Gasteiger partial charge in [0.15, 0.2) is 0 Å². The zero-order valence-corrected chi connectivity index (χ0v) is 16.0. The van der Waals surface area contributed by atoms with Crippen LogP contribution in [0, 0.1) is 0 Å². The van der Waals surface area contributed by atoms with Crippen LogP contribution in [0.1, 0.15) is 40.5 Å². The number of carbonyl (C=O) groups excluding carboxylic acids is 1. The van der Waals surface area contributed by atoms with Gasteiger partial charge in [-0.2, -0.15) is 0 Å². The summed E-state index contributed by atoms with van der Waals surface area (Å²) in [5.74, 6) is 2.02. The summed E-state index contributed by atoms with van der Waals surface area (Å²) in [6, 6.07) is 7.69. The summed E-state index contributed by atoms with van der Waals surface area (Å²) in [6.45, 7) is 2.47. The van der Waals surface area contributed by atoms with Crippen molar-refractivity contribution in [1.82, 2.24) is 24.8 Å². The molecule has 28 heavy (non-hydrogen) atoms. The molecule has 3 aromatic rings. The van der Waals surface area contributed by atoms with E-state index in [1.807, 2.05) is 43.0 Å². The Balaban J connectivity index is 1.56. The first-order valence-electron chi connectivity index (χ1n) is 9.58. The molecule has 0 aliphatic carbocycles. The first-order chi connectivity index (χ1) is 13.8. The lowest BCUT2D eigenvalue weighted by molar-refractivity contribution is 0.0963. The molecule has 144 valence electrons. The number of imidazole rings is 1. The predicted molar refractivity (Wildman–Crippen MR) is 107 cm³/mol. The van der Waals surface area contributed by atoms with Gasteiger partial charge in [-0.3, -0.25) is 9.78 Å². The van der Waals surface area contributed by atoms with Crippen LogP contribution in [0.4, 0.5) is 5.82 Å². The number of hydrogen-bond acceptors (Lipinski definition) is 5. The molecular formula is C21H24N6O. The second kappa shape index (κ2) is 8.21. The van der Waals surface area contributed by atoms with Gasteiger partial charge in [0.05, 0.1) is 5.56 Å². The van der Waals surface area contributed by atoms with Crippen LogP contribution < -0.4 is 10.2 Å². The third-order valence-corrected chi connectivity index (χ3v) is 5.19. The molecule has 4 heterocycles. The highest BCUT2D eigenvalue weighted by Crippen LogP contribution is 2.30. The summed E-state index contributed by atoms with van der Waals surface area (Å²) < 4.78 is 2.21. The van der Waals surface area contributed by atoms with Gasteiger partial charge in [-0.1, -0.05) is 0 Å².